The van der Waals surface area contributed by atoms with E-state index in [9.17, 15) is 10.2 Å². The van der Waals surface area contributed by atoms with Gasteiger partial charge in [-0.25, -0.2) is 0 Å². The number of rotatable bonds is 0. The fraction of sp³-hybridized carbons (Fsp3) is 0.778. The minimum absolute atomic E-state index is 0.0749. The maximum Gasteiger partial charge on any atom is 0.0905 e. The number of aliphatic hydroxyl groups excluding tert-OH is 2. The number of fused-ring (bicyclic) bond motifs is 5. The van der Waals surface area contributed by atoms with Gasteiger partial charge in [0.2, 0.25) is 0 Å². The third-order valence-corrected chi connectivity index (χ3v) is 7.00. The highest BCUT2D eigenvalue weighted by Gasteiger charge is 2.55. The highest BCUT2D eigenvalue weighted by Crippen LogP contribution is 2.61. The lowest BCUT2D eigenvalue weighted by Crippen LogP contribution is -2.47. The van der Waals surface area contributed by atoms with E-state index in [1.54, 1.807) is 0 Å². The van der Waals surface area contributed by atoms with Gasteiger partial charge in [-0.2, -0.15) is 0 Å². The molecule has 0 bridgehead atoms. The molecular formula is C18H26O2. The number of aliphatic hydroxyl groups is 2. The maximum atomic E-state index is 10.4. The number of allylic oxidation sites excluding steroid dienone is 2. The normalized spacial score (nSPS) is 53.9. The van der Waals surface area contributed by atoms with Gasteiger partial charge in [0, 0.05) is 5.92 Å². The Bertz CT molecular complexity index is 466. The zero-order valence-corrected chi connectivity index (χ0v) is 12.3. The van der Waals surface area contributed by atoms with Crippen LogP contribution in [-0.4, -0.2) is 22.4 Å². The van der Waals surface area contributed by atoms with Crippen molar-refractivity contribution in [2.75, 3.05) is 0 Å². The van der Waals surface area contributed by atoms with E-state index in [2.05, 4.69) is 19.1 Å². The van der Waals surface area contributed by atoms with Crippen LogP contribution in [0.3, 0.4) is 0 Å². The average molecular weight is 274 g/mol. The maximum absolute atomic E-state index is 10.4. The Labute approximate surface area is 121 Å². The summed E-state index contributed by atoms with van der Waals surface area (Å²) in [4.78, 5) is 0. The van der Waals surface area contributed by atoms with Crippen molar-refractivity contribution in [3.63, 3.8) is 0 Å². The van der Waals surface area contributed by atoms with Gasteiger partial charge in [0.15, 0.2) is 0 Å². The van der Waals surface area contributed by atoms with Crippen molar-refractivity contribution in [3.8, 4) is 0 Å². The zero-order valence-electron chi connectivity index (χ0n) is 12.3. The summed E-state index contributed by atoms with van der Waals surface area (Å²) in [6, 6.07) is 0. The Morgan fingerprint density at radius 3 is 2.75 bits per heavy atom. The Balaban J connectivity index is 1.63. The summed E-state index contributed by atoms with van der Waals surface area (Å²) in [6.07, 6.45) is 12.9. The van der Waals surface area contributed by atoms with Crippen molar-refractivity contribution in [1.29, 1.82) is 0 Å². The Kier molecular flexibility index (Phi) is 2.91. The van der Waals surface area contributed by atoms with Crippen molar-refractivity contribution in [1.82, 2.24) is 0 Å². The van der Waals surface area contributed by atoms with E-state index in [1.807, 2.05) is 6.08 Å². The molecule has 3 fully saturated rings. The summed E-state index contributed by atoms with van der Waals surface area (Å²) in [5, 5.41) is 20.2. The fourth-order valence-corrected chi connectivity index (χ4v) is 5.89. The van der Waals surface area contributed by atoms with Crippen molar-refractivity contribution < 1.29 is 10.2 Å². The quantitative estimate of drug-likeness (QED) is 0.667. The largest absolute Gasteiger partial charge is 0.393 e. The first-order valence-electron chi connectivity index (χ1n) is 8.34. The first-order valence-corrected chi connectivity index (χ1v) is 8.34. The Morgan fingerprint density at radius 2 is 1.90 bits per heavy atom. The SMILES string of the molecule is C[C@]12CC[C@H]3[C@@H](CCC4=C[C@@H](O)C=C[C@@H]43)[C@@H]1CC[C@@H]2O. The van der Waals surface area contributed by atoms with Gasteiger partial charge < -0.3 is 10.2 Å². The van der Waals surface area contributed by atoms with Crippen molar-refractivity contribution in [3.05, 3.63) is 23.8 Å². The van der Waals surface area contributed by atoms with Gasteiger partial charge in [-0.3, -0.25) is 0 Å². The van der Waals surface area contributed by atoms with Gasteiger partial charge >= 0.3 is 0 Å². The van der Waals surface area contributed by atoms with Crippen molar-refractivity contribution in [2.24, 2.45) is 29.1 Å². The van der Waals surface area contributed by atoms with Crippen molar-refractivity contribution in [2.45, 2.75) is 57.7 Å². The van der Waals surface area contributed by atoms with Gasteiger partial charge in [-0.15, -0.1) is 0 Å². The molecule has 20 heavy (non-hydrogen) atoms. The van der Waals surface area contributed by atoms with Gasteiger partial charge in [0.1, 0.15) is 0 Å². The second-order valence-electron chi connectivity index (χ2n) is 7.75. The molecule has 0 unspecified atom stereocenters. The lowest BCUT2D eigenvalue weighted by Gasteiger charge is -2.52. The minimum atomic E-state index is -0.361. The molecule has 2 heteroatoms. The molecule has 4 aliphatic carbocycles. The van der Waals surface area contributed by atoms with Gasteiger partial charge in [0.25, 0.3) is 0 Å². The van der Waals surface area contributed by atoms with Crippen LogP contribution in [0.25, 0.3) is 0 Å². The molecule has 0 aromatic heterocycles. The molecule has 2 nitrogen and oxygen atoms in total. The molecule has 2 N–H and O–H groups in total. The highest BCUT2D eigenvalue weighted by molar-refractivity contribution is 5.28. The molecule has 3 saturated carbocycles. The summed E-state index contributed by atoms with van der Waals surface area (Å²) >= 11 is 0. The fourth-order valence-electron chi connectivity index (χ4n) is 5.89. The molecule has 0 saturated heterocycles. The lowest BCUT2D eigenvalue weighted by molar-refractivity contribution is -0.0474. The molecule has 110 valence electrons. The van der Waals surface area contributed by atoms with Gasteiger partial charge in [-0.05, 0) is 61.7 Å². The van der Waals surface area contributed by atoms with Crippen LogP contribution in [0.15, 0.2) is 23.8 Å². The van der Waals surface area contributed by atoms with Gasteiger partial charge in [0.05, 0.1) is 12.2 Å². The van der Waals surface area contributed by atoms with Crippen LogP contribution in [0, 0.1) is 29.1 Å². The van der Waals surface area contributed by atoms with Crippen LogP contribution in [0.2, 0.25) is 0 Å². The molecule has 4 aliphatic rings. The minimum Gasteiger partial charge on any atom is -0.393 e. The van der Waals surface area contributed by atoms with Crippen molar-refractivity contribution >= 4 is 0 Å². The van der Waals surface area contributed by atoms with E-state index < -0.39 is 0 Å². The first-order chi connectivity index (χ1) is 9.59. The lowest BCUT2D eigenvalue weighted by atomic mass is 9.53. The summed E-state index contributed by atoms with van der Waals surface area (Å²) in [6.45, 7) is 2.33. The predicted octanol–water partition coefficient (Wildman–Crippen LogP) is 3.06. The molecule has 0 aromatic rings. The standard InChI is InChI=1S/C18H26O2/c1-18-9-8-14-13-5-3-12(19)10-11(13)2-4-15(14)16(18)6-7-17(18)20/h3,5,10,12-17,19-20H,2,4,6-9H2,1H3/t12-,13-,14+,15+,16-,17-,18-/m0/s1. The Morgan fingerprint density at radius 1 is 1.05 bits per heavy atom. The first kappa shape index (κ1) is 13.1. The van der Waals surface area contributed by atoms with Gasteiger partial charge in [-0.1, -0.05) is 30.7 Å². The molecule has 0 spiro atoms. The molecule has 0 radical (unpaired) electrons. The second kappa shape index (κ2) is 4.45. The van der Waals surface area contributed by atoms with E-state index in [4.69, 9.17) is 0 Å². The van der Waals surface area contributed by atoms with E-state index >= 15 is 0 Å². The molecule has 0 aromatic carbocycles. The van der Waals surface area contributed by atoms with Crippen LogP contribution in [0.1, 0.15) is 45.4 Å². The molecule has 4 rings (SSSR count). The Hall–Kier alpha value is -0.600. The van der Waals surface area contributed by atoms with Crippen LogP contribution in [-0.2, 0) is 0 Å². The van der Waals surface area contributed by atoms with Crippen LogP contribution >= 0.6 is 0 Å². The zero-order chi connectivity index (χ0) is 13.9. The highest BCUT2D eigenvalue weighted by atomic mass is 16.3. The number of hydrogen-bond donors (Lipinski definition) is 2. The van der Waals surface area contributed by atoms with E-state index in [1.165, 1.54) is 31.3 Å². The van der Waals surface area contributed by atoms with Crippen LogP contribution < -0.4 is 0 Å². The average Bonchev–Trinajstić information content (AvgIpc) is 2.74. The van der Waals surface area contributed by atoms with E-state index in [-0.39, 0.29) is 17.6 Å². The summed E-state index contributed by atoms with van der Waals surface area (Å²) in [5.74, 6) is 2.83. The molecule has 7 atom stereocenters. The third kappa shape index (κ3) is 1.70. The molecule has 0 amide bonds. The van der Waals surface area contributed by atoms with Crippen LogP contribution in [0.4, 0.5) is 0 Å². The summed E-state index contributed by atoms with van der Waals surface area (Å²) in [7, 11) is 0. The van der Waals surface area contributed by atoms with Crippen LogP contribution in [0.5, 0.6) is 0 Å². The summed E-state index contributed by atoms with van der Waals surface area (Å²) in [5.41, 5.74) is 1.66. The topological polar surface area (TPSA) is 40.5 Å². The molecule has 0 heterocycles. The predicted molar refractivity (Wildman–Crippen MR) is 79.0 cm³/mol. The van der Waals surface area contributed by atoms with E-state index in [0.717, 1.165) is 30.6 Å². The third-order valence-electron chi connectivity index (χ3n) is 7.00. The number of hydrogen-bond acceptors (Lipinski definition) is 2. The molecule has 0 aliphatic heterocycles. The second-order valence-corrected chi connectivity index (χ2v) is 7.75. The smallest absolute Gasteiger partial charge is 0.0905 e. The monoisotopic (exact) mass is 274 g/mol. The molecular weight excluding hydrogens is 248 g/mol. The van der Waals surface area contributed by atoms with E-state index in [0.29, 0.717) is 5.92 Å². The summed E-state index contributed by atoms with van der Waals surface area (Å²) < 4.78 is 0.